The first-order valence-electron chi connectivity index (χ1n) is 14.4. The average molecular weight is 580 g/mol. The van der Waals surface area contributed by atoms with Gasteiger partial charge in [0, 0.05) is 48.9 Å². The monoisotopic (exact) mass is 579 g/mol. The zero-order chi connectivity index (χ0) is 29.2. The van der Waals surface area contributed by atoms with Crippen molar-refractivity contribution in [2.24, 2.45) is 5.92 Å². The first kappa shape index (κ1) is 30.2. The van der Waals surface area contributed by atoms with Crippen LogP contribution in [-0.4, -0.2) is 60.6 Å². The summed E-state index contributed by atoms with van der Waals surface area (Å²) in [6, 6.07) is 3.54. The Labute approximate surface area is 245 Å². The summed E-state index contributed by atoms with van der Waals surface area (Å²) in [4.78, 5) is 34.7. The maximum Gasteiger partial charge on any atom is 0.220 e. The molecule has 41 heavy (non-hydrogen) atoms. The fourth-order valence-corrected chi connectivity index (χ4v) is 6.57. The molecule has 1 aromatic carbocycles. The van der Waals surface area contributed by atoms with E-state index >= 15 is 0 Å². The van der Waals surface area contributed by atoms with Crippen LogP contribution in [0, 0.1) is 11.3 Å². The van der Waals surface area contributed by atoms with Crippen molar-refractivity contribution in [2.45, 2.75) is 64.2 Å². The number of aromatic nitrogens is 2. The normalized spacial score (nSPS) is 14.8. The van der Waals surface area contributed by atoms with E-state index in [0.29, 0.717) is 48.2 Å². The topological polar surface area (TPSA) is 146 Å². The summed E-state index contributed by atoms with van der Waals surface area (Å²) in [5.41, 5.74) is 9.26. The van der Waals surface area contributed by atoms with Crippen LogP contribution in [-0.2, 0) is 22.4 Å². The second-order valence-corrected chi connectivity index (χ2v) is 11.9. The molecule has 0 unspecified atom stereocenters. The smallest absolute Gasteiger partial charge is 0.220 e. The Morgan fingerprint density at radius 1 is 1.17 bits per heavy atom. The lowest BCUT2D eigenvalue weighted by Gasteiger charge is -2.21. The molecule has 2 aliphatic rings. The molecule has 5 rings (SSSR count). The highest BCUT2D eigenvalue weighted by atomic mass is 32.1. The van der Waals surface area contributed by atoms with Crippen molar-refractivity contribution in [1.82, 2.24) is 20.2 Å². The van der Waals surface area contributed by atoms with Gasteiger partial charge >= 0.3 is 0 Å². The SMILES string of the molecule is CN(C)C=O.N=Cc1cc(Nc2ncnc3sc4c(c23)CCCC4)c(OCCNC(=O)CC2CCCCC2)cc1N. The Kier molecular flexibility index (Phi) is 10.9. The van der Waals surface area contributed by atoms with Gasteiger partial charge in [0.15, 0.2) is 0 Å². The number of rotatable bonds is 10. The number of nitrogens with zero attached hydrogens (tertiary/aromatic N) is 3. The van der Waals surface area contributed by atoms with E-state index in [1.165, 1.54) is 53.7 Å². The lowest BCUT2D eigenvalue weighted by atomic mass is 9.87. The molecule has 0 atom stereocenters. The number of hydrogen-bond acceptors (Lipinski definition) is 9. The van der Waals surface area contributed by atoms with Crippen molar-refractivity contribution in [1.29, 1.82) is 5.41 Å². The van der Waals surface area contributed by atoms with Crippen molar-refractivity contribution < 1.29 is 14.3 Å². The molecule has 3 aromatic rings. The van der Waals surface area contributed by atoms with E-state index in [1.54, 1.807) is 37.8 Å². The number of nitrogens with one attached hydrogen (secondary N) is 3. The minimum atomic E-state index is 0.0909. The molecule has 0 radical (unpaired) electrons. The molecular weight excluding hydrogens is 538 g/mol. The summed E-state index contributed by atoms with van der Waals surface area (Å²) in [7, 11) is 3.38. The van der Waals surface area contributed by atoms with Crippen LogP contribution in [0.3, 0.4) is 0 Å². The van der Waals surface area contributed by atoms with Crippen LogP contribution < -0.4 is 21.1 Å². The van der Waals surface area contributed by atoms with Crippen molar-refractivity contribution >= 4 is 57.3 Å². The fraction of sp³-hybridized carbons (Fsp3) is 0.500. The number of carbonyl (C=O) groups is 2. The number of amides is 2. The van der Waals surface area contributed by atoms with Crippen LogP contribution in [0.15, 0.2) is 18.5 Å². The van der Waals surface area contributed by atoms with Crippen LogP contribution in [0.4, 0.5) is 17.2 Å². The number of aryl methyl sites for hydroxylation is 2. The van der Waals surface area contributed by atoms with E-state index in [2.05, 4.69) is 20.6 Å². The Morgan fingerprint density at radius 2 is 1.93 bits per heavy atom. The molecule has 2 aromatic heterocycles. The molecule has 0 bridgehead atoms. The molecule has 0 aliphatic heterocycles. The maximum absolute atomic E-state index is 12.3. The largest absolute Gasteiger partial charge is 0.489 e. The van der Waals surface area contributed by atoms with Crippen molar-refractivity contribution in [3.8, 4) is 5.75 Å². The predicted octanol–water partition coefficient (Wildman–Crippen LogP) is 5.06. The van der Waals surface area contributed by atoms with Gasteiger partial charge in [0.1, 0.15) is 29.3 Å². The van der Waals surface area contributed by atoms with E-state index in [4.69, 9.17) is 15.9 Å². The average Bonchev–Trinajstić information content (AvgIpc) is 3.37. The van der Waals surface area contributed by atoms with Gasteiger partial charge in [-0.3, -0.25) is 9.59 Å². The number of carbonyl (C=O) groups excluding carboxylic acids is 2. The van der Waals surface area contributed by atoms with Gasteiger partial charge in [-0.05, 0) is 56.1 Å². The van der Waals surface area contributed by atoms with Crippen molar-refractivity contribution in [3.63, 3.8) is 0 Å². The van der Waals surface area contributed by atoms with Gasteiger partial charge in [-0.25, -0.2) is 9.97 Å². The summed E-state index contributed by atoms with van der Waals surface area (Å²) < 4.78 is 6.06. The maximum atomic E-state index is 12.3. The first-order chi connectivity index (χ1) is 19.9. The molecule has 0 saturated heterocycles. The molecule has 0 spiro atoms. The van der Waals surface area contributed by atoms with E-state index in [1.807, 2.05) is 6.07 Å². The quantitative estimate of drug-likeness (QED) is 0.114. The van der Waals surface area contributed by atoms with Crippen LogP contribution in [0.1, 0.15) is 67.4 Å². The summed E-state index contributed by atoms with van der Waals surface area (Å²) in [5, 5.41) is 15.2. The van der Waals surface area contributed by atoms with Gasteiger partial charge in [0.25, 0.3) is 0 Å². The molecule has 2 aliphatic carbocycles. The number of fused-ring (bicyclic) bond motifs is 3. The van der Waals surface area contributed by atoms with Crippen molar-refractivity contribution in [3.05, 3.63) is 34.5 Å². The van der Waals surface area contributed by atoms with Crippen LogP contribution in [0.5, 0.6) is 5.75 Å². The third kappa shape index (κ3) is 8.16. The third-order valence-electron chi connectivity index (χ3n) is 7.44. The van der Waals surface area contributed by atoms with Crippen LogP contribution in [0.25, 0.3) is 10.2 Å². The second kappa shape index (κ2) is 14.8. The van der Waals surface area contributed by atoms with E-state index in [0.717, 1.165) is 48.1 Å². The first-order valence-corrected chi connectivity index (χ1v) is 15.2. The zero-order valence-electron chi connectivity index (χ0n) is 24.0. The van der Waals surface area contributed by atoms with E-state index in [9.17, 15) is 9.59 Å². The number of anilines is 3. The second-order valence-electron chi connectivity index (χ2n) is 10.8. The standard InChI is InChI=1S/C27H34N6O2S.C3H7NO/c28-15-18-13-21(33-26-25-19-8-4-5-9-23(19)36-27(25)32-16-31-26)22(14-20(18)29)35-11-10-30-24(34)12-17-6-2-1-3-7-17;1-4(2)3-5/h13-17,28H,1-12,29H2,(H,30,34)(H,31,32,33);3H,1-2H3. The number of nitrogens with two attached hydrogens (primary N) is 1. The van der Waals surface area contributed by atoms with Gasteiger partial charge in [-0.2, -0.15) is 0 Å². The van der Waals surface area contributed by atoms with E-state index in [-0.39, 0.29) is 5.91 Å². The number of hydrogen-bond donors (Lipinski definition) is 4. The number of benzene rings is 1. The third-order valence-corrected chi connectivity index (χ3v) is 8.64. The molecule has 2 amide bonds. The lowest BCUT2D eigenvalue weighted by molar-refractivity contribution is -0.122. The predicted molar refractivity (Wildman–Crippen MR) is 166 cm³/mol. The zero-order valence-corrected chi connectivity index (χ0v) is 24.8. The summed E-state index contributed by atoms with van der Waals surface area (Å²) in [6.07, 6.45) is 14.8. The summed E-state index contributed by atoms with van der Waals surface area (Å²) in [5.74, 6) is 1.91. The van der Waals surface area contributed by atoms with Crippen LogP contribution >= 0.6 is 11.3 Å². The molecule has 10 nitrogen and oxygen atoms in total. The Morgan fingerprint density at radius 3 is 2.66 bits per heavy atom. The molecule has 2 heterocycles. The number of nitrogen functional groups attached to an aromatic ring is 1. The summed E-state index contributed by atoms with van der Waals surface area (Å²) in [6.45, 7) is 0.745. The molecule has 1 fully saturated rings. The molecular formula is C30H41N7O3S. The highest BCUT2D eigenvalue weighted by molar-refractivity contribution is 7.19. The van der Waals surface area contributed by atoms with Crippen molar-refractivity contribution in [2.75, 3.05) is 38.3 Å². The van der Waals surface area contributed by atoms with Gasteiger partial charge in [-0.15, -0.1) is 11.3 Å². The minimum Gasteiger partial charge on any atom is -0.489 e. The van der Waals surface area contributed by atoms with Gasteiger partial charge in [0.2, 0.25) is 12.3 Å². The van der Waals surface area contributed by atoms with E-state index < -0.39 is 0 Å². The Balaban J connectivity index is 0.000000714. The number of thiophene rings is 1. The molecule has 220 valence electrons. The van der Waals surface area contributed by atoms with Crippen LogP contribution in [0.2, 0.25) is 0 Å². The molecule has 11 heteroatoms. The summed E-state index contributed by atoms with van der Waals surface area (Å²) >= 11 is 1.75. The highest BCUT2D eigenvalue weighted by Crippen LogP contribution is 2.40. The molecule has 1 saturated carbocycles. The Hall–Kier alpha value is -3.73. The minimum absolute atomic E-state index is 0.0909. The number of ether oxygens (including phenoxy) is 1. The van der Waals surface area contributed by atoms with Gasteiger partial charge in [0.05, 0.1) is 17.6 Å². The van der Waals surface area contributed by atoms with Gasteiger partial charge in [-0.1, -0.05) is 19.3 Å². The Bertz CT molecular complexity index is 1350. The fourth-order valence-electron chi connectivity index (χ4n) is 5.34. The van der Waals surface area contributed by atoms with Gasteiger partial charge < -0.3 is 31.4 Å². The lowest BCUT2D eigenvalue weighted by Crippen LogP contribution is -2.30. The highest BCUT2D eigenvalue weighted by Gasteiger charge is 2.21. The molecule has 5 N–H and O–H groups in total.